The summed E-state index contributed by atoms with van der Waals surface area (Å²) >= 11 is 1.88. The van der Waals surface area contributed by atoms with Gasteiger partial charge in [0, 0.05) is 36.3 Å². The van der Waals surface area contributed by atoms with E-state index in [9.17, 15) is 0 Å². The monoisotopic (exact) mass is 477 g/mol. The van der Waals surface area contributed by atoms with E-state index in [1.807, 2.05) is 11.3 Å². The maximum atomic E-state index is 5.10. The van der Waals surface area contributed by atoms with Crippen LogP contribution in [0.15, 0.2) is 108 Å². The lowest BCUT2D eigenvalue weighted by molar-refractivity contribution is 1.09. The zero-order valence-corrected chi connectivity index (χ0v) is 20.0. The van der Waals surface area contributed by atoms with Crippen LogP contribution in [0.5, 0.6) is 0 Å². The highest BCUT2D eigenvalue weighted by Crippen LogP contribution is 2.48. The molecule has 1 aliphatic carbocycles. The van der Waals surface area contributed by atoms with Crippen LogP contribution in [0.4, 0.5) is 11.5 Å². The van der Waals surface area contributed by atoms with Gasteiger partial charge in [0.2, 0.25) is 0 Å². The first-order valence-electron chi connectivity index (χ1n) is 12.3. The number of hydrogen-bond acceptors (Lipinski definition) is 3. The molecule has 1 N–H and O–H groups in total. The van der Waals surface area contributed by atoms with Crippen molar-refractivity contribution in [1.29, 1.82) is 0 Å². The van der Waals surface area contributed by atoms with E-state index < -0.39 is 0 Å². The lowest BCUT2D eigenvalue weighted by atomic mass is 10.0. The van der Waals surface area contributed by atoms with Crippen molar-refractivity contribution in [2.24, 2.45) is 4.99 Å². The number of para-hydroxylation sites is 1. The molecule has 4 heteroatoms. The van der Waals surface area contributed by atoms with Gasteiger partial charge in [-0.15, -0.1) is 11.3 Å². The van der Waals surface area contributed by atoms with E-state index in [1.54, 1.807) is 0 Å². The van der Waals surface area contributed by atoms with Crippen molar-refractivity contribution in [2.45, 2.75) is 6.04 Å². The van der Waals surface area contributed by atoms with Gasteiger partial charge in [-0.25, -0.2) is 4.99 Å². The fraction of sp³-hybridized carbons (Fsp3) is 0.0312. The summed E-state index contributed by atoms with van der Waals surface area (Å²) < 4.78 is 5.05. The van der Waals surface area contributed by atoms with Crippen LogP contribution in [0.25, 0.3) is 58.5 Å². The Labute approximate surface area is 210 Å². The molecule has 0 saturated carbocycles. The highest BCUT2D eigenvalue weighted by Gasteiger charge is 2.28. The Morgan fingerprint density at radius 2 is 1.61 bits per heavy atom. The van der Waals surface area contributed by atoms with E-state index in [1.165, 1.54) is 58.5 Å². The quantitative estimate of drug-likeness (QED) is 0.252. The highest BCUT2D eigenvalue weighted by atomic mass is 32.1. The lowest BCUT2D eigenvalue weighted by Crippen LogP contribution is -2.30. The molecular formula is C32H19N3S. The molecule has 4 heterocycles. The first-order chi connectivity index (χ1) is 17.8. The summed E-state index contributed by atoms with van der Waals surface area (Å²) in [4.78, 5) is 5.10. The Hall–Kier alpha value is -4.41. The number of rotatable bonds is 1. The minimum atomic E-state index is 0.111. The minimum Gasteiger partial charge on any atom is -0.357 e. The van der Waals surface area contributed by atoms with Crippen molar-refractivity contribution in [3.63, 3.8) is 0 Å². The average molecular weight is 478 g/mol. The number of nitrogens with zero attached hydrogens (tertiary/aromatic N) is 2. The molecule has 0 amide bonds. The van der Waals surface area contributed by atoms with Gasteiger partial charge < -0.3 is 5.32 Å². The molecule has 0 fully saturated rings. The van der Waals surface area contributed by atoms with Crippen LogP contribution in [0.1, 0.15) is 0 Å². The molecule has 0 saturated heterocycles. The van der Waals surface area contributed by atoms with E-state index in [2.05, 4.69) is 113 Å². The van der Waals surface area contributed by atoms with E-state index in [4.69, 9.17) is 4.99 Å². The second-order valence-corrected chi connectivity index (χ2v) is 10.8. The Kier molecular flexibility index (Phi) is 3.47. The van der Waals surface area contributed by atoms with Gasteiger partial charge >= 0.3 is 0 Å². The van der Waals surface area contributed by atoms with Gasteiger partial charge in [-0.3, -0.25) is 4.40 Å². The Balaban J connectivity index is 1.35. The van der Waals surface area contributed by atoms with Crippen molar-refractivity contribution >= 4 is 75.9 Å². The number of benzene rings is 4. The van der Waals surface area contributed by atoms with Crippen molar-refractivity contribution in [3.05, 3.63) is 103 Å². The van der Waals surface area contributed by atoms with Crippen molar-refractivity contribution in [2.75, 3.05) is 5.32 Å². The Morgan fingerprint density at radius 3 is 2.56 bits per heavy atom. The number of thiophene rings is 1. The molecule has 9 rings (SSSR count). The third kappa shape index (κ3) is 2.34. The largest absolute Gasteiger partial charge is 0.357 e. The molecule has 0 spiro atoms. The summed E-state index contributed by atoms with van der Waals surface area (Å²) in [6.45, 7) is 0. The van der Waals surface area contributed by atoms with Crippen LogP contribution in [0.3, 0.4) is 0 Å². The van der Waals surface area contributed by atoms with Crippen LogP contribution in [0, 0.1) is 0 Å². The maximum Gasteiger partial charge on any atom is 0.138 e. The standard InChI is InChI=1S/C32H19N3S/c1-2-7-18(8-3-1)19-13-14-20-24-16-23-21-9-6-10-22-30-32(34-26-12-5-4-11-25(26)33-30)35(31(21)22)27(23)17-29(24)36-28(20)15-19/h1-17,26,34H. The summed E-state index contributed by atoms with van der Waals surface area (Å²) in [5.74, 6) is 1.09. The first-order valence-corrected chi connectivity index (χ1v) is 13.1. The molecular weight excluding hydrogens is 458 g/mol. The van der Waals surface area contributed by atoms with Crippen LogP contribution in [-0.2, 0) is 0 Å². The number of aliphatic imine (C=N–C) groups is 1. The number of nitrogens with one attached hydrogen (secondary N) is 1. The van der Waals surface area contributed by atoms with Gasteiger partial charge in [0.05, 0.1) is 22.8 Å². The summed E-state index contributed by atoms with van der Waals surface area (Å²) in [7, 11) is 0. The summed E-state index contributed by atoms with van der Waals surface area (Å²) in [5, 5.41) is 10.2. The van der Waals surface area contributed by atoms with Crippen LogP contribution >= 0.6 is 11.3 Å². The number of allylic oxidation sites excluding steroid dienone is 2. The molecule has 3 nitrogen and oxygen atoms in total. The first kappa shape index (κ1) is 18.9. The van der Waals surface area contributed by atoms with Gasteiger partial charge in [0.1, 0.15) is 11.5 Å². The van der Waals surface area contributed by atoms with Crippen LogP contribution in [-0.4, -0.2) is 16.2 Å². The molecule has 0 radical (unpaired) electrons. The van der Waals surface area contributed by atoms with E-state index in [0.717, 1.165) is 17.2 Å². The third-order valence-electron chi connectivity index (χ3n) is 7.72. The number of fused-ring (bicyclic) bond motifs is 10. The zero-order chi connectivity index (χ0) is 23.4. The van der Waals surface area contributed by atoms with Gasteiger partial charge in [-0.05, 0) is 35.4 Å². The van der Waals surface area contributed by atoms with Gasteiger partial charge in [-0.2, -0.15) is 0 Å². The fourth-order valence-electron chi connectivity index (χ4n) is 6.08. The van der Waals surface area contributed by atoms with E-state index in [-0.39, 0.29) is 6.04 Å². The van der Waals surface area contributed by atoms with Gasteiger partial charge in [-0.1, -0.05) is 78.9 Å². The van der Waals surface area contributed by atoms with E-state index >= 15 is 0 Å². The van der Waals surface area contributed by atoms with E-state index in [0.29, 0.717) is 0 Å². The summed E-state index contributed by atoms with van der Waals surface area (Å²) in [5.41, 5.74) is 7.14. The predicted octanol–water partition coefficient (Wildman–Crippen LogP) is 8.71. The summed E-state index contributed by atoms with van der Waals surface area (Å²) in [6.07, 6.45) is 8.45. The van der Waals surface area contributed by atoms with Gasteiger partial charge in [0.15, 0.2) is 0 Å². The molecule has 36 heavy (non-hydrogen) atoms. The lowest BCUT2D eigenvalue weighted by Gasteiger charge is -2.23. The SMILES string of the molecule is C1=CC2=Nc3c(n4c5cc6sc7cc(-c8ccccc8)ccc7c6cc5c5cccc3c54)NC2C=C1. The number of hydrogen-bond donors (Lipinski definition) is 1. The number of aromatic nitrogens is 1. The molecule has 1 aliphatic heterocycles. The fourth-order valence-corrected chi connectivity index (χ4v) is 7.24. The van der Waals surface area contributed by atoms with Crippen molar-refractivity contribution < 1.29 is 0 Å². The molecule has 2 aliphatic rings. The summed E-state index contributed by atoms with van der Waals surface area (Å²) in [6, 6.07) is 29.0. The maximum absolute atomic E-state index is 5.10. The molecule has 7 aromatic rings. The molecule has 0 bridgehead atoms. The number of anilines is 1. The zero-order valence-electron chi connectivity index (χ0n) is 19.2. The van der Waals surface area contributed by atoms with Crippen LogP contribution in [0.2, 0.25) is 0 Å². The predicted molar refractivity (Wildman–Crippen MR) is 155 cm³/mol. The molecule has 3 aromatic heterocycles. The second kappa shape index (κ2) is 6.62. The molecule has 1 atom stereocenters. The third-order valence-corrected chi connectivity index (χ3v) is 8.84. The minimum absolute atomic E-state index is 0.111. The average Bonchev–Trinajstić information content (AvgIpc) is 3.56. The normalized spacial score (nSPS) is 16.8. The molecule has 168 valence electrons. The second-order valence-electron chi connectivity index (χ2n) is 9.68. The topological polar surface area (TPSA) is 28.8 Å². The Morgan fingerprint density at radius 1 is 0.722 bits per heavy atom. The smallest absolute Gasteiger partial charge is 0.138 e. The van der Waals surface area contributed by atoms with Crippen molar-refractivity contribution in [1.82, 2.24) is 4.40 Å². The Bertz CT molecular complexity index is 2120. The highest BCUT2D eigenvalue weighted by molar-refractivity contribution is 7.25. The molecule has 4 aromatic carbocycles. The van der Waals surface area contributed by atoms with Crippen LogP contribution < -0.4 is 5.32 Å². The van der Waals surface area contributed by atoms with Crippen molar-refractivity contribution in [3.8, 4) is 11.1 Å². The molecule has 1 unspecified atom stereocenters. The van der Waals surface area contributed by atoms with Gasteiger partial charge in [0.25, 0.3) is 0 Å².